The van der Waals surface area contributed by atoms with E-state index in [2.05, 4.69) is 16.0 Å². The van der Waals surface area contributed by atoms with Crippen LogP contribution in [0.5, 0.6) is 0 Å². The molecule has 0 bridgehead atoms. The molecule has 0 aromatic rings. The van der Waals surface area contributed by atoms with Crippen LogP contribution in [-0.4, -0.2) is 59.2 Å². The molecule has 0 spiro atoms. The first-order valence-corrected chi connectivity index (χ1v) is 11.2. The van der Waals surface area contributed by atoms with Gasteiger partial charge in [-0.2, -0.15) is 0 Å². The second-order valence-electron chi connectivity index (χ2n) is 9.70. The quantitative estimate of drug-likeness (QED) is 0.375. The third-order valence-corrected chi connectivity index (χ3v) is 4.79. The zero-order chi connectivity index (χ0) is 25.3. The van der Waals surface area contributed by atoms with Crippen LogP contribution in [0.15, 0.2) is 0 Å². The van der Waals surface area contributed by atoms with Gasteiger partial charge in [0.05, 0.1) is 0 Å². The van der Waals surface area contributed by atoms with Crippen LogP contribution in [0.2, 0.25) is 0 Å². The molecule has 1 aliphatic heterocycles. The molecule has 0 aromatic carbocycles. The number of nitrogens with zero attached hydrogens (tertiary/aromatic N) is 1. The Kier molecular flexibility index (Phi) is 10.5. The molecule has 2 atom stereocenters. The molecule has 1 aliphatic rings. The van der Waals surface area contributed by atoms with E-state index in [-0.39, 0.29) is 49.3 Å². The number of imide groups is 1. The van der Waals surface area contributed by atoms with E-state index in [4.69, 9.17) is 4.84 Å². The Balaban J connectivity index is 2.46. The summed E-state index contributed by atoms with van der Waals surface area (Å²) in [4.78, 5) is 76.6. The van der Waals surface area contributed by atoms with Gasteiger partial charge in [0.1, 0.15) is 12.1 Å². The maximum atomic E-state index is 12.6. The highest BCUT2D eigenvalue weighted by molar-refractivity contribution is 6.01. The van der Waals surface area contributed by atoms with Crippen molar-refractivity contribution in [2.24, 2.45) is 11.3 Å². The number of hydroxylamine groups is 2. The second kappa shape index (κ2) is 12.3. The average molecular weight is 469 g/mol. The molecule has 0 saturated carbocycles. The van der Waals surface area contributed by atoms with Gasteiger partial charge < -0.3 is 20.8 Å². The largest absolute Gasteiger partial charge is 0.354 e. The van der Waals surface area contributed by atoms with Gasteiger partial charge in [-0.05, 0) is 24.7 Å². The number of rotatable bonds is 11. The van der Waals surface area contributed by atoms with Crippen LogP contribution in [-0.2, 0) is 33.6 Å². The third-order valence-electron chi connectivity index (χ3n) is 4.79. The summed E-state index contributed by atoms with van der Waals surface area (Å²) in [5.74, 6) is -3.43. The van der Waals surface area contributed by atoms with Crippen molar-refractivity contribution in [3.05, 3.63) is 0 Å². The van der Waals surface area contributed by atoms with Crippen LogP contribution in [0.25, 0.3) is 0 Å². The number of carbonyl (C=O) groups is 6. The Morgan fingerprint density at radius 1 is 0.939 bits per heavy atom. The summed E-state index contributed by atoms with van der Waals surface area (Å²) in [6.45, 7) is 11.5. The van der Waals surface area contributed by atoms with Gasteiger partial charge >= 0.3 is 5.97 Å². The number of hydrogen-bond donors (Lipinski definition) is 3. The molecule has 1 fully saturated rings. The van der Waals surface area contributed by atoms with Crippen molar-refractivity contribution in [3.8, 4) is 0 Å². The van der Waals surface area contributed by atoms with E-state index in [0.717, 1.165) is 0 Å². The summed E-state index contributed by atoms with van der Waals surface area (Å²) in [6.07, 6.45) is -0.115. The highest BCUT2D eigenvalue weighted by atomic mass is 16.7. The van der Waals surface area contributed by atoms with Crippen LogP contribution in [0, 0.1) is 11.3 Å². The minimum Gasteiger partial charge on any atom is -0.354 e. The molecule has 11 heteroatoms. The second-order valence-corrected chi connectivity index (χ2v) is 9.70. The Morgan fingerprint density at radius 3 is 2.03 bits per heavy atom. The topological polar surface area (TPSA) is 151 Å². The molecule has 33 heavy (non-hydrogen) atoms. The molecule has 1 heterocycles. The molecule has 1 saturated heterocycles. The van der Waals surface area contributed by atoms with Crippen molar-refractivity contribution >= 4 is 35.5 Å². The van der Waals surface area contributed by atoms with E-state index < -0.39 is 41.7 Å². The van der Waals surface area contributed by atoms with Crippen LogP contribution >= 0.6 is 0 Å². The Labute approximate surface area is 194 Å². The predicted molar refractivity (Wildman–Crippen MR) is 118 cm³/mol. The number of hydrogen-bond acceptors (Lipinski definition) is 7. The van der Waals surface area contributed by atoms with Gasteiger partial charge in [0.25, 0.3) is 11.8 Å². The number of nitrogens with one attached hydrogen (secondary N) is 3. The van der Waals surface area contributed by atoms with Crippen LogP contribution in [0.3, 0.4) is 0 Å². The average Bonchev–Trinajstić information content (AvgIpc) is 3.01. The first kappa shape index (κ1) is 28.1. The standard InChI is InChI=1S/C22H36N4O7/c1-13(2)19(21(32)24-14(3)20(31)23-12-22(4,5)6)25-15(27)8-7-9-18(30)33-26-16(28)10-11-17(26)29/h13-14,19H,7-12H2,1-6H3,(H,23,31)(H,24,32)(H,25,27)/t14-,19-/m0/s1. The number of amides is 5. The van der Waals surface area contributed by atoms with E-state index in [1.54, 1.807) is 20.8 Å². The van der Waals surface area contributed by atoms with Crippen molar-refractivity contribution in [1.82, 2.24) is 21.0 Å². The van der Waals surface area contributed by atoms with Crippen molar-refractivity contribution in [1.29, 1.82) is 0 Å². The van der Waals surface area contributed by atoms with Gasteiger partial charge in [-0.1, -0.05) is 34.6 Å². The molecule has 11 nitrogen and oxygen atoms in total. The molecule has 0 radical (unpaired) electrons. The van der Waals surface area contributed by atoms with Crippen molar-refractivity contribution in [2.75, 3.05) is 6.54 Å². The predicted octanol–water partition coefficient (Wildman–Crippen LogP) is 0.572. The third kappa shape index (κ3) is 10.0. The van der Waals surface area contributed by atoms with Gasteiger partial charge in [0, 0.05) is 32.2 Å². The van der Waals surface area contributed by atoms with E-state index in [1.807, 2.05) is 20.8 Å². The first-order chi connectivity index (χ1) is 15.2. The fourth-order valence-corrected chi connectivity index (χ4v) is 2.85. The zero-order valence-electron chi connectivity index (χ0n) is 20.3. The fraction of sp³-hybridized carbons (Fsp3) is 0.727. The molecule has 1 rings (SSSR count). The van der Waals surface area contributed by atoms with Crippen molar-refractivity contribution in [3.63, 3.8) is 0 Å². The minimum atomic E-state index is -0.859. The van der Waals surface area contributed by atoms with Crippen LogP contribution in [0.4, 0.5) is 0 Å². The van der Waals surface area contributed by atoms with Crippen LogP contribution < -0.4 is 16.0 Å². The van der Waals surface area contributed by atoms with Gasteiger partial charge in [-0.25, -0.2) is 4.79 Å². The van der Waals surface area contributed by atoms with Gasteiger partial charge in [0.2, 0.25) is 17.7 Å². The van der Waals surface area contributed by atoms with Crippen molar-refractivity contribution in [2.45, 2.75) is 85.7 Å². The highest BCUT2D eigenvalue weighted by Gasteiger charge is 2.33. The first-order valence-electron chi connectivity index (χ1n) is 11.2. The normalized spacial score (nSPS) is 15.8. The molecule has 186 valence electrons. The lowest BCUT2D eigenvalue weighted by Crippen LogP contribution is -2.54. The van der Waals surface area contributed by atoms with Crippen molar-refractivity contribution < 1.29 is 33.6 Å². The van der Waals surface area contributed by atoms with E-state index in [1.165, 1.54) is 0 Å². The lowest BCUT2D eigenvalue weighted by Gasteiger charge is -2.25. The highest BCUT2D eigenvalue weighted by Crippen LogP contribution is 2.13. The summed E-state index contributed by atoms with van der Waals surface area (Å²) in [5.41, 5.74) is -0.0974. The van der Waals surface area contributed by atoms with E-state index >= 15 is 0 Å². The lowest BCUT2D eigenvalue weighted by atomic mass is 9.97. The Bertz CT molecular complexity index is 757. The van der Waals surface area contributed by atoms with E-state index in [0.29, 0.717) is 11.6 Å². The molecule has 0 aliphatic carbocycles. The summed E-state index contributed by atoms with van der Waals surface area (Å²) >= 11 is 0. The monoisotopic (exact) mass is 468 g/mol. The molecule has 0 aromatic heterocycles. The SMILES string of the molecule is CC(C)[C@H](NC(=O)CCCC(=O)ON1C(=O)CCC1=O)C(=O)N[C@@H](C)C(=O)NCC(C)(C)C. The van der Waals surface area contributed by atoms with Gasteiger partial charge in [0.15, 0.2) is 0 Å². The smallest absolute Gasteiger partial charge is 0.333 e. The Hall–Kier alpha value is -2.98. The molecule has 3 N–H and O–H groups in total. The maximum Gasteiger partial charge on any atom is 0.333 e. The lowest BCUT2D eigenvalue weighted by molar-refractivity contribution is -0.197. The summed E-state index contributed by atoms with van der Waals surface area (Å²) in [7, 11) is 0. The molecular weight excluding hydrogens is 432 g/mol. The van der Waals surface area contributed by atoms with Gasteiger partial charge in [-0.15, -0.1) is 5.06 Å². The summed E-state index contributed by atoms with van der Waals surface area (Å²) in [6, 6.07) is -1.63. The molecule has 5 amide bonds. The Morgan fingerprint density at radius 2 is 1.52 bits per heavy atom. The summed E-state index contributed by atoms with van der Waals surface area (Å²) < 4.78 is 0. The van der Waals surface area contributed by atoms with E-state index in [9.17, 15) is 28.8 Å². The zero-order valence-corrected chi connectivity index (χ0v) is 20.3. The summed E-state index contributed by atoms with van der Waals surface area (Å²) in [5, 5.41) is 8.48. The maximum absolute atomic E-state index is 12.6. The minimum absolute atomic E-state index is 0.00401. The van der Waals surface area contributed by atoms with Gasteiger partial charge in [-0.3, -0.25) is 24.0 Å². The fourth-order valence-electron chi connectivity index (χ4n) is 2.85. The van der Waals surface area contributed by atoms with Crippen LogP contribution in [0.1, 0.15) is 73.6 Å². The molecular formula is C22H36N4O7. The molecule has 0 unspecified atom stereocenters. The number of carbonyl (C=O) groups excluding carboxylic acids is 6.